The molecule has 1 aliphatic heterocycles. The number of carbonyl (C=O) groups is 1. The van der Waals surface area contributed by atoms with Gasteiger partial charge in [-0.05, 0) is 19.1 Å². The SMILES string of the molecule is CC1(C(=O)[O-])COC(c2ccc([N+](=O)[O-])cc2)OC1. The summed E-state index contributed by atoms with van der Waals surface area (Å²) in [5, 5.41) is 21.4. The highest BCUT2D eigenvalue weighted by Gasteiger charge is 2.34. The van der Waals surface area contributed by atoms with Crippen LogP contribution in [-0.4, -0.2) is 24.1 Å². The Hall–Kier alpha value is -1.99. The molecule has 19 heavy (non-hydrogen) atoms. The van der Waals surface area contributed by atoms with Crippen molar-refractivity contribution in [3.8, 4) is 0 Å². The molecule has 7 nitrogen and oxygen atoms in total. The first-order chi connectivity index (χ1) is 8.92. The fraction of sp³-hybridized carbons (Fsp3) is 0.417. The summed E-state index contributed by atoms with van der Waals surface area (Å²) in [5.41, 5.74) is -0.595. The standard InChI is InChI=1S/C12H13NO6/c1-12(11(14)15)6-18-10(19-7-12)8-2-4-9(5-3-8)13(16)17/h2-5,10H,6-7H2,1H3,(H,14,15)/p-1. The van der Waals surface area contributed by atoms with Gasteiger partial charge in [-0.2, -0.15) is 0 Å². The molecule has 0 unspecified atom stereocenters. The number of nitro benzene ring substituents is 1. The molecule has 0 N–H and O–H groups in total. The Morgan fingerprint density at radius 1 is 1.32 bits per heavy atom. The monoisotopic (exact) mass is 266 g/mol. The number of nitrogens with zero attached hydrogens (tertiary/aromatic N) is 1. The van der Waals surface area contributed by atoms with Crippen molar-refractivity contribution in [2.24, 2.45) is 5.41 Å². The van der Waals surface area contributed by atoms with Crippen molar-refractivity contribution in [2.45, 2.75) is 13.2 Å². The Morgan fingerprint density at radius 3 is 2.26 bits per heavy atom. The number of carboxylic acid groups (broad SMARTS) is 1. The summed E-state index contributed by atoms with van der Waals surface area (Å²) in [7, 11) is 0. The van der Waals surface area contributed by atoms with Crippen molar-refractivity contribution in [3.63, 3.8) is 0 Å². The van der Waals surface area contributed by atoms with Gasteiger partial charge in [-0.15, -0.1) is 0 Å². The van der Waals surface area contributed by atoms with E-state index in [9.17, 15) is 20.0 Å². The molecule has 0 atom stereocenters. The van der Waals surface area contributed by atoms with Crippen molar-refractivity contribution < 1.29 is 24.3 Å². The maximum atomic E-state index is 10.9. The van der Waals surface area contributed by atoms with Gasteiger partial charge in [0.15, 0.2) is 6.29 Å². The molecule has 0 aromatic heterocycles. The Kier molecular flexibility index (Phi) is 3.50. The number of ether oxygens (including phenoxy) is 2. The maximum Gasteiger partial charge on any atom is 0.269 e. The Morgan fingerprint density at radius 2 is 1.84 bits per heavy atom. The molecule has 1 aromatic carbocycles. The molecule has 1 heterocycles. The third-order valence-corrected chi connectivity index (χ3v) is 2.98. The topological polar surface area (TPSA) is 102 Å². The van der Waals surface area contributed by atoms with Crippen LogP contribution in [0.2, 0.25) is 0 Å². The van der Waals surface area contributed by atoms with Gasteiger partial charge in [-0.25, -0.2) is 0 Å². The highest BCUT2D eigenvalue weighted by molar-refractivity contribution is 5.72. The lowest BCUT2D eigenvalue weighted by atomic mass is 9.92. The first kappa shape index (κ1) is 13.4. The molecule has 1 saturated heterocycles. The molecular formula is C12H12NO6-. The summed E-state index contributed by atoms with van der Waals surface area (Å²) < 4.78 is 10.7. The molecule has 0 spiro atoms. The van der Waals surface area contributed by atoms with Crippen molar-refractivity contribution in [1.29, 1.82) is 0 Å². The lowest BCUT2D eigenvalue weighted by molar-refractivity contribution is -0.384. The van der Waals surface area contributed by atoms with Crippen LogP contribution < -0.4 is 5.11 Å². The van der Waals surface area contributed by atoms with Crippen LogP contribution in [-0.2, 0) is 14.3 Å². The number of non-ortho nitro benzene ring substituents is 1. The molecule has 1 aliphatic rings. The van der Waals surface area contributed by atoms with E-state index in [2.05, 4.69) is 0 Å². The zero-order chi connectivity index (χ0) is 14.0. The molecule has 2 rings (SSSR count). The summed E-state index contributed by atoms with van der Waals surface area (Å²) in [6.45, 7) is 1.42. The van der Waals surface area contributed by atoms with Gasteiger partial charge in [0.25, 0.3) is 5.69 Å². The van der Waals surface area contributed by atoms with E-state index >= 15 is 0 Å². The smallest absolute Gasteiger partial charge is 0.269 e. The number of aliphatic carboxylic acids is 1. The third kappa shape index (κ3) is 2.72. The lowest BCUT2D eigenvalue weighted by Crippen LogP contribution is -2.49. The second-order valence-corrected chi connectivity index (χ2v) is 4.65. The van der Waals surface area contributed by atoms with E-state index in [1.54, 1.807) is 0 Å². The Bertz CT molecular complexity index is 489. The third-order valence-electron chi connectivity index (χ3n) is 2.98. The Labute approximate surface area is 108 Å². The average Bonchev–Trinajstić information content (AvgIpc) is 2.39. The van der Waals surface area contributed by atoms with Gasteiger partial charge in [0.05, 0.1) is 29.5 Å². The van der Waals surface area contributed by atoms with Crippen LogP contribution in [0.4, 0.5) is 5.69 Å². The number of benzene rings is 1. The fourth-order valence-corrected chi connectivity index (χ4v) is 1.67. The van der Waals surface area contributed by atoms with E-state index in [1.807, 2.05) is 0 Å². The van der Waals surface area contributed by atoms with E-state index < -0.39 is 22.6 Å². The van der Waals surface area contributed by atoms with Gasteiger partial charge >= 0.3 is 0 Å². The molecular weight excluding hydrogens is 254 g/mol. The van der Waals surface area contributed by atoms with E-state index in [0.29, 0.717) is 5.56 Å². The van der Waals surface area contributed by atoms with Crippen LogP contribution in [0.1, 0.15) is 18.8 Å². The summed E-state index contributed by atoms with van der Waals surface area (Å²) in [6, 6.07) is 5.72. The molecule has 1 aromatic rings. The largest absolute Gasteiger partial charge is 0.549 e. The molecule has 0 radical (unpaired) electrons. The highest BCUT2D eigenvalue weighted by Crippen LogP contribution is 2.31. The summed E-state index contributed by atoms with van der Waals surface area (Å²) in [6.07, 6.45) is -0.715. The van der Waals surface area contributed by atoms with Gasteiger partial charge in [-0.1, -0.05) is 0 Å². The first-order valence-corrected chi connectivity index (χ1v) is 5.61. The van der Waals surface area contributed by atoms with E-state index in [4.69, 9.17) is 9.47 Å². The number of carbonyl (C=O) groups excluding carboxylic acids is 1. The summed E-state index contributed by atoms with van der Waals surface area (Å²) in [4.78, 5) is 20.9. The molecule has 0 aliphatic carbocycles. The maximum absolute atomic E-state index is 10.9. The van der Waals surface area contributed by atoms with E-state index in [0.717, 1.165) is 0 Å². The number of carboxylic acids is 1. The summed E-state index contributed by atoms with van der Waals surface area (Å²) in [5.74, 6) is -1.23. The molecule has 7 heteroatoms. The zero-order valence-electron chi connectivity index (χ0n) is 10.2. The van der Waals surface area contributed by atoms with Gasteiger partial charge in [0, 0.05) is 17.7 Å². The normalized spacial score (nSPS) is 26.9. The van der Waals surface area contributed by atoms with Crippen molar-refractivity contribution >= 4 is 11.7 Å². The fourth-order valence-electron chi connectivity index (χ4n) is 1.67. The Balaban J connectivity index is 2.05. The number of hydrogen-bond acceptors (Lipinski definition) is 6. The van der Waals surface area contributed by atoms with Gasteiger partial charge in [-0.3, -0.25) is 10.1 Å². The van der Waals surface area contributed by atoms with Crippen LogP contribution in [0.25, 0.3) is 0 Å². The van der Waals surface area contributed by atoms with Crippen LogP contribution in [0.3, 0.4) is 0 Å². The van der Waals surface area contributed by atoms with E-state index in [1.165, 1.54) is 31.2 Å². The minimum absolute atomic E-state index is 0.0286. The lowest BCUT2D eigenvalue weighted by Gasteiger charge is -2.37. The van der Waals surface area contributed by atoms with Gasteiger partial charge < -0.3 is 19.4 Å². The van der Waals surface area contributed by atoms with Crippen LogP contribution >= 0.6 is 0 Å². The molecule has 0 amide bonds. The van der Waals surface area contributed by atoms with Gasteiger partial charge in [0.1, 0.15) is 0 Å². The van der Waals surface area contributed by atoms with Crippen molar-refractivity contribution in [2.75, 3.05) is 13.2 Å². The minimum Gasteiger partial charge on any atom is -0.549 e. The summed E-state index contributed by atoms with van der Waals surface area (Å²) >= 11 is 0. The zero-order valence-corrected chi connectivity index (χ0v) is 10.2. The van der Waals surface area contributed by atoms with Gasteiger partial charge in [0.2, 0.25) is 0 Å². The van der Waals surface area contributed by atoms with Crippen LogP contribution in [0.5, 0.6) is 0 Å². The second-order valence-electron chi connectivity index (χ2n) is 4.65. The number of nitro groups is 1. The van der Waals surface area contributed by atoms with Crippen LogP contribution in [0, 0.1) is 15.5 Å². The van der Waals surface area contributed by atoms with Crippen molar-refractivity contribution in [1.82, 2.24) is 0 Å². The molecule has 0 bridgehead atoms. The number of hydrogen-bond donors (Lipinski definition) is 0. The van der Waals surface area contributed by atoms with E-state index in [-0.39, 0.29) is 18.9 Å². The predicted octanol–water partition coefficient (Wildman–Crippen LogP) is 0.396. The quantitative estimate of drug-likeness (QED) is 0.579. The average molecular weight is 266 g/mol. The number of rotatable bonds is 3. The molecule has 102 valence electrons. The first-order valence-electron chi connectivity index (χ1n) is 5.61. The second kappa shape index (κ2) is 4.94. The molecule has 0 saturated carbocycles. The molecule has 1 fully saturated rings. The minimum atomic E-state index is -1.23. The predicted molar refractivity (Wildman–Crippen MR) is 60.9 cm³/mol. The van der Waals surface area contributed by atoms with Crippen LogP contribution in [0.15, 0.2) is 24.3 Å². The highest BCUT2D eigenvalue weighted by atomic mass is 16.7. The van der Waals surface area contributed by atoms with Crippen molar-refractivity contribution in [3.05, 3.63) is 39.9 Å².